The monoisotopic (exact) mass is 348 g/mol. The van der Waals surface area contributed by atoms with Crippen LogP contribution in [0.2, 0.25) is 0 Å². The molecule has 0 aromatic heterocycles. The first-order valence-electron chi connectivity index (χ1n) is 6.48. The Kier molecular flexibility index (Phi) is 4.85. The van der Waals surface area contributed by atoms with Crippen molar-refractivity contribution in [3.05, 3.63) is 57.6 Å². The smallest absolute Gasteiger partial charge is 0.251 e. The molecule has 0 radical (unpaired) electrons. The van der Waals surface area contributed by atoms with Gasteiger partial charge >= 0.3 is 0 Å². The quantitative estimate of drug-likeness (QED) is 0.833. The molecule has 0 aliphatic rings. The maximum atomic E-state index is 12.2. The van der Waals surface area contributed by atoms with E-state index in [1.165, 1.54) is 0 Å². The number of amides is 1. The van der Waals surface area contributed by atoms with Crippen LogP contribution in [-0.4, -0.2) is 13.0 Å². The largest absolute Gasteiger partial charge is 0.496 e. The highest BCUT2D eigenvalue weighted by atomic mass is 79.9. The molecule has 2 aromatic rings. The van der Waals surface area contributed by atoms with Crippen LogP contribution in [0.25, 0.3) is 0 Å². The number of benzene rings is 2. The van der Waals surface area contributed by atoms with Gasteiger partial charge in [-0.15, -0.1) is 0 Å². The van der Waals surface area contributed by atoms with Crippen LogP contribution in [0.1, 0.15) is 21.5 Å². The van der Waals surface area contributed by atoms with Crippen molar-refractivity contribution in [3.8, 4) is 5.75 Å². The molecule has 110 valence electrons. The Bertz CT molecular complexity index is 671. The Labute approximate surface area is 132 Å². The Morgan fingerprint density at radius 2 is 2.05 bits per heavy atom. The fourth-order valence-corrected chi connectivity index (χ4v) is 2.25. The van der Waals surface area contributed by atoms with E-state index >= 15 is 0 Å². The van der Waals surface area contributed by atoms with Gasteiger partial charge in [-0.1, -0.05) is 15.9 Å². The SMILES string of the molecule is COc1ccc(N)cc1CNC(=O)c1ccc(Br)c(C)c1. The van der Waals surface area contributed by atoms with E-state index < -0.39 is 0 Å². The second kappa shape index (κ2) is 6.63. The van der Waals surface area contributed by atoms with Crippen molar-refractivity contribution in [2.24, 2.45) is 0 Å². The average Bonchev–Trinajstić information content (AvgIpc) is 2.47. The number of aryl methyl sites for hydroxylation is 1. The Morgan fingerprint density at radius 3 is 2.71 bits per heavy atom. The highest BCUT2D eigenvalue weighted by Crippen LogP contribution is 2.21. The van der Waals surface area contributed by atoms with E-state index in [4.69, 9.17) is 10.5 Å². The van der Waals surface area contributed by atoms with Gasteiger partial charge < -0.3 is 15.8 Å². The molecule has 0 unspecified atom stereocenters. The van der Waals surface area contributed by atoms with Crippen LogP contribution in [0, 0.1) is 6.92 Å². The third kappa shape index (κ3) is 3.76. The average molecular weight is 349 g/mol. The molecule has 21 heavy (non-hydrogen) atoms. The summed E-state index contributed by atoms with van der Waals surface area (Å²) in [6.07, 6.45) is 0. The number of anilines is 1. The lowest BCUT2D eigenvalue weighted by Gasteiger charge is -2.11. The van der Waals surface area contributed by atoms with Gasteiger partial charge in [0.15, 0.2) is 0 Å². The highest BCUT2D eigenvalue weighted by Gasteiger charge is 2.09. The van der Waals surface area contributed by atoms with Gasteiger partial charge in [-0.05, 0) is 48.9 Å². The summed E-state index contributed by atoms with van der Waals surface area (Å²) in [4.78, 5) is 12.2. The molecule has 0 atom stereocenters. The van der Waals surface area contributed by atoms with Gasteiger partial charge in [0.25, 0.3) is 5.91 Å². The summed E-state index contributed by atoms with van der Waals surface area (Å²) in [6.45, 7) is 2.31. The van der Waals surface area contributed by atoms with Gasteiger partial charge in [-0.3, -0.25) is 4.79 Å². The number of carbonyl (C=O) groups excluding carboxylic acids is 1. The number of hydrogen-bond donors (Lipinski definition) is 2. The van der Waals surface area contributed by atoms with E-state index in [0.717, 1.165) is 15.6 Å². The molecule has 0 heterocycles. The molecule has 0 saturated heterocycles. The molecular formula is C16H17BrN2O2. The Hall–Kier alpha value is -2.01. The van der Waals surface area contributed by atoms with Gasteiger partial charge in [0.2, 0.25) is 0 Å². The molecule has 4 nitrogen and oxygen atoms in total. The lowest BCUT2D eigenvalue weighted by Crippen LogP contribution is -2.23. The van der Waals surface area contributed by atoms with Crippen molar-refractivity contribution in [3.63, 3.8) is 0 Å². The predicted molar refractivity (Wildman–Crippen MR) is 87.5 cm³/mol. The summed E-state index contributed by atoms with van der Waals surface area (Å²) in [5.74, 6) is 0.576. The molecule has 5 heteroatoms. The second-order valence-electron chi connectivity index (χ2n) is 4.72. The van der Waals surface area contributed by atoms with Crippen LogP contribution in [0.4, 0.5) is 5.69 Å². The maximum Gasteiger partial charge on any atom is 0.251 e. The minimum Gasteiger partial charge on any atom is -0.496 e. The number of nitrogens with two attached hydrogens (primary N) is 1. The fraction of sp³-hybridized carbons (Fsp3) is 0.188. The Morgan fingerprint density at radius 1 is 1.29 bits per heavy atom. The standard InChI is InChI=1S/C16H17BrN2O2/c1-10-7-11(3-5-14(10)17)16(20)19-9-12-8-13(18)4-6-15(12)21-2/h3-8H,9,18H2,1-2H3,(H,19,20). The summed E-state index contributed by atoms with van der Waals surface area (Å²) < 4.78 is 6.24. The van der Waals surface area contributed by atoms with Crippen molar-refractivity contribution in [2.45, 2.75) is 13.5 Å². The summed E-state index contributed by atoms with van der Waals surface area (Å²) in [5, 5.41) is 2.87. The lowest BCUT2D eigenvalue weighted by molar-refractivity contribution is 0.0950. The van der Waals surface area contributed by atoms with Crippen LogP contribution in [0.5, 0.6) is 5.75 Å². The third-order valence-electron chi connectivity index (χ3n) is 3.16. The van der Waals surface area contributed by atoms with Crippen molar-refractivity contribution < 1.29 is 9.53 Å². The molecule has 0 aliphatic carbocycles. The van der Waals surface area contributed by atoms with Crippen LogP contribution in [0.3, 0.4) is 0 Å². The molecular weight excluding hydrogens is 332 g/mol. The van der Waals surface area contributed by atoms with Gasteiger partial charge in [0, 0.05) is 27.8 Å². The van der Waals surface area contributed by atoms with Gasteiger partial charge in [-0.25, -0.2) is 0 Å². The number of carbonyl (C=O) groups is 1. The molecule has 1 amide bonds. The first-order valence-corrected chi connectivity index (χ1v) is 7.27. The Balaban J connectivity index is 2.10. The molecule has 0 bridgehead atoms. The van der Waals surface area contributed by atoms with E-state index in [2.05, 4.69) is 21.2 Å². The number of nitrogens with one attached hydrogen (secondary N) is 1. The van der Waals surface area contributed by atoms with E-state index in [0.29, 0.717) is 23.5 Å². The van der Waals surface area contributed by atoms with E-state index in [1.54, 1.807) is 31.4 Å². The number of ether oxygens (including phenoxy) is 1. The molecule has 2 rings (SSSR count). The van der Waals surface area contributed by atoms with Crippen molar-refractivity contribution >= 4 is 27.5 Å². The zero-order chi connectivity index (χ0) is 15.4. The zero-order valence-corrected chi connectivity index (χ0v) is 13.5. The molecule has 0 spiro atoms. The number of nitrogen functional groups attached to an aromatic ring is 1. The van der Waals surface area contributed by atoms with Crippen LogP contribution >= 0.6 is 15.9 Å². The number of rotatable bonds is 4. The van der Waals surface area contributed by atoms with Crippen LogP contribution < -0.4 is 15.8 Å². The number of hydrogen-bond acceptors (Lipinski definition) is 3. The first-order chi connectivity index (χ1) is 10.0. The topological polar surface area (TPSA) is 64.3 Å². The minimum atomic E-state index is -0.130. The summed E-state index contributed by atoms with van der Waals surface area (Å²) in [6, 6.07) is 10.8. The molecule has 0 saturated carbocycles. The summed E-state index contributed by atoms with van der Waals surface area (Å²) in [7, 11) is 1.59. The third-order valence-corrected chi connectivity index (χ3v) is 4.05. The molecule has 3 N–H and O–H groups in total. The van der Waals surface area contributed by atoms with Crippen molar-refractivity contribution in [1.29, 1.82) is 0 Å². The lowest BCUT2D eigenvalue weighted by atomic mass is 10.1. The maximum absolute atomic E-state index is 12.2. The number of halogens is 1. The molecule has 0 aliphatic heterocycles. The zero-order valence-electron chi connectivity index (χ0n) is 11.9. The van der Waals surface area contributed by atoms with Crippen molar-refractivity contribution in [1.82, 2.24) is 5.32 Å². The van der Waals surface area contributed by atoms with Crippen molar-refractivity contribution in [2.75, 3.05) is 12.8 Å². The minimum absolute atomic E-state index is 0.130. The number of methoxy groups -OCH3 is 1. The normalized spacial score (nSPS) is 10.2. The molecule has 2 aromatic carbocycles. The first kappa shape index (κ1) is 15.4. The van der Waals surface area contributed by atoms with Gasteiger partial charge in [-0.2, -0.15) is 0 Å². The van der Waals surface area contributed by atoms with E-state index in [-0.39, 0.29) is 5.91 Å². The van der Waals surface area contributed by atoms with Crippen LogP contribution in [0.15, 0.2) is 40.9 Å². The van der Waals surface area contributed by atoms with Gasteiger partial charge in [0.1, 0.15) is 5.75 Å². The fourth-order valence-electron chi connectivity index (χ4n) is 2.00. The molecule has 0 fully saturated rings. The summed E-state index contributed by atoms with van der Waals surface area (Å²) in [5.41, 5.74) is 8.89. The highest BCUT2D eigenvalue weighted by molar-refractivity contribution is 9.10. The van der Waals surface area contributed by atoms with E-state index in [9.17, 15) is 4.79 Å². The van der Waals surface area contributed by atoms with E-state index in [1.807, 2.05) is 19.1 Å². The van der Waals surface area contributed by atoms with Gasteiger partial charge in [0.05, 0.1) is 7.11 Å². The second-order valence-corrected chi connectivity index (χ2v) is 5.57. The predicted octanol–water partition coefficient (Wildman–Crippen LogP) is 3.28. The van der Waals surface area contributed by atoms with Crippen LogP contribution in [-0.2, 0) is 6.54 Å². The summed E-state index contributed by atoms with van der Waals surface area (Å²) >= 11 is 3.42.